The maximum absolute atomic E-state index is 13.4. The van der Waals surface area contributed by atoms with Gasteiger partial charge in [0.25, 0.3) is 0 Å². The Labute approximate surface area is 183 Å². The third-order valence-electron chi connectivity index (χ3n) is 7.79. The molecule has 0 N–H and O–H groups in total. The summed E-state index contributed by atoms with van der Waals surface area (Å²) in [6.07, 6.45) is 23.8. The van der Waals surface area contributed by atoms with Crippen LogP contribution in [0.25, 0.3) is 0 Å². The lowest BCUT2D eigenvalue weighted by Crippen LogP contribution is -2.23. The van der Waals surface area contributed by atoms with Gasteiger partial charge in [-0.1, -0.05) is 82.4 Å². The van der Waals surface area contributed by atoms with Crippen LogP contribution in [-0.4, -0.2) is 0 Å². The Morgan fingerprint density at radius 3 is 2.27 bits per heavy atom. The van der Waals surface area contributed by atoms with E-state index in [0.717, 1.165) is 36.2 Å². The summed E-state index contributed by atoms with van der Waals surface area (Å²) in [5.74, 6) is 1.34. The molecule has 30 heavy (non-hydrogen) atoms. The van der Waals surface area contributed by atoms with Crippen molar-refractivity contribution >= 4 is 0 Å². The number of hydrogen-bond acceptors (Lipinski definition) is 0. The molecule has 0 nitrogen and oxygen atoms in total. The molecule has 1 fully saturated rings. The first-order chi connectivity index (χ1) is 14.7. The quantitative estimate of drug-likeness (QED) is 0.249. The predicted octanol–water partition coefficient (Wildman–Crippen LogP) is 9.18. The molecule has 0 radical (unpaired) electrons. The van der Waals surface area contributed by atoms with Crippen LogP contribution >= 0.6 is 0 Å². The summed E-state index contributed by atoms with van der Waals surface area (Å²) < 4.78 is 26.4. The van der Waals surface area contributed by atoms with Crippen LogP contribution in [0.15, 0.2) is 29.8 Å². The van der Waals surface area contributed by atoms with E-state index in [9.17, 15) is 8.78 Å². The Hall–Kier alpha value is -1.18. The summed E-state index contributed by atoms with van der Waals surface area (Å²) in [5, 5.41) is 0. The SMILES string of the molecule is CCCCCCCC[C@H]1CC[C@H](C2CC=C(CCc3ccc(F)c(F)c3)CC2)CC1. The van der Waals surface area contributed by atoms with E-state index in [1.54, 1.807) is 6.07 Å². The number of unbranched alkanes of at least 4 members (excludes halogenated alkanes) is 5. The van der Waals surface area contributed by atoms with Crippen molar-refractivity contribution in [2.75, 3.05) is 0 Å². The average molecular weight is 417 g/mol. The van der Waals surface area contributed by atoms with Gasteiger partial charge in [-0.2, -0.15) is 0 Å². The normalized spacial score (nSPS) is 24.6. The number of allylic oxidation sites excluding steroid dienone is 2. The predicted molar refractivity (Wildman–Crippen MR) is 124 cm³/mol. The van der Waals surface area contributed by atoms with Gasteiger partial charge in [-0.3, -0.25) is 0 Å². The smallest absolute Gasteiger partial charge is 0.159 e. The molecule has 168 valence electrons. The molecule has 1 unspecified atom stereocenters. The number of aryl methyl sites for hydroxylation is 1. The second-order valence-electron chi connectivity index (χ2n) is 9.98. The Morgan fingerprint density at radius 1 is 0.800 bits per heavy atom. The Balaban J connectivity index is 1.31. The molecule has 0 bridgehead atoms. The highest BCUT2D eigenvalue weighted by molar-refractivity contribution is 5.20. The largest absolute Gasteiger partial charge is 0.204 e. The molecule has 3 rings (SSSR count). The van der Waals surface area contributed by atoms with E-state index >= 15 is 0 Å². The van der Waals surface area contributed by atoms with E-state index in [0.29, 0.717) is 0 Å². The summed E-state index contributed by atoms with van der Waals surface area (Å²) >= 11 is 0. The first-order valence-corrected chi connectivity index (χ1v) is 12.8. The number of halogens is 2. The molecule has 1 aromatic carbocycles. The Bertz CT molecular complexity index is 655. The van der Waals surface area contributed by atoms with E-state index in [2.05, 4.69) is 13.0 Å². The maximum Gasteiger partial charge on any atom is 0.159 e. The van der Waals surface area contributed by atoms with E-state index in [1.165, 1.54) is 108 Å². The van der Waals surface area contributed by atoms with Crippen molar-refractivity contribution in [3.63, 3.8) is 0 Å². The number of benzene rings is 1. The van der Waals surface area contributed by atoms with E-state index in [-0.39, 0.29) is 0 Å². The Kier molecular flexibility index (Phi) is 9.88. The van der Waals surface area contributed by atoms with Crippen molar-refractivity contribution in [1.82, 2.24) is 0 Å². The van der Waals surface area contributed by atoms with E-state index in [1.807, 2.05) is 0 Å². The molecule has 1 atom stereocenters. The minimum Gasteiger partial charge on any atom is -0.204 e. The summed E-state index contributed by atoms with van der Waals surface area (Å²) in [7, 11) is 0. The van der Waals surface area contributed by atoms with Gasteiger partial charge in [-0.05, 0) is 80.4 Å². The molecule has 1 saturated carbocycles. The molecule has 0 aromatic heterocycles. The van der Waals surface area contributed by atoms with Gasteiger partial charge in [-0.15, -0.1) is 0 Å². The molecule has 2 heteroatoms. The molecule has 2 aliphatic carbocycles. The van der Waals surface area contributed by atoms with Crippen LogP contribution in [0.1, 0.15) is 109 Å². The molecule has 0 heterocycles. The van der Waals surface area contributed by atoms with Crippen molar-refractivity contribution in [2.24, 2.45) is 17.8 Å². The number of rotatable bonds is 11. The fourth-order valence-electron chi connectivity index (χ4n) is 5.73. The molecule has 2 aliphatic rings. The van der Waals surface area contributed by atoms with Crippen molar-refractivity contribution in [2.45, 2.75) is 110 Å². The molecule has 0 saturated heterocycles. The van der Waals surface area contributed by atoms with Gasteiger partial charge in [0.2, 0.25) is 0 Å². The lowest BCUT2D eigenvalue weighted by molar-refractivity contribution is 0.185. The van der Waals surface area contributed by atoms with Gasteiger partial charge in [0.15, 0.2) is 11.6 Å². The minimum absolute atomic E-state index is 0.725. The maximum atomic E-state index is 13.4. The summed E-state index contributed by atoms with van der Waals surface area (Å²) in [6.45, 7) is 2.29. The highest BCUT2D eigenvalue weighted by atomic mass is 19.2. The highest BCUT2D eigenvalue weighted by Gasteiger charge is 2.28. The minimum atomic E-state index is -0.750. The van der Waals surface area contributed by atoms with Crippen LogP contribution in [0.3, 0.4) is 0 Å². The second kappa shape index (κ2) is 12.6. The van der Waals surface area contributed by atoms with Gasteiger partial charge in [-0.25, -0.2) is 8.78 Å². The standard InChI is InChI=1S/C28H42F2/c1-2-3-4-5-6-7-8-22-11-16-25(17-12-22)26-18-13-23(14-19-26)9-10-24-15-20-27(29)28(30)21-24/h13,15,20-22,25-26H,2-12,14,16-19H2,1H3/t22-,25-,26?. The molecular formula is C28H42F2. The van der Waals surface area contributed by atoms with Crippen LogP contribution in [0.5, 0.6) is 0 Å². The molecule has 0 aliphatic heterocycles. The Morgan fingerprint density at radius 2 is 1.57 bits per heavy atom. The first kappa shape index (κ1) is 23.5. The summed E-state index contributed by atoms with van der Waals surface area (Å²) in [6, 6.07) is 4.32. The fourth-order valence-corrected chi connectivity index (χ4v) is 5.73. The van der Waals surface area contributed by atoms with Gasteiger partial charge >= 0.3 is 0 Å². The molecular weight excluding hydrogens is 374 g/mol. The van der Waals surface area contributed by atoms with Crippen LogP contribution in [0, 0.1) is 29.4 Å². The van der Waals surface area contributed by atoms with Gasteiger partial charge in [0, 0.05) is 0 Å². The van der Waals surface area contributed by atoms with Gasteiger partial charge in [0.1, 0.15) is 0 Å². The zero-order valence-electron chi connectivity index (χ0n) is 19.1. The topological polar surface area (TPSA) is 0 Å². The second-order valence-corrected chi connectivity index (χ2v) is 9.98. The lowest BCUT2D eigenvalue weighted by atomic mass is 9.70. The zero-order chi connectivity index (χ0) is 21.2. The average Bonchev–Trinajstić information content (AvgIpc) is 2.78. The van der Waals surface area contributed by atoms with Crippen molar-refractivity contribution in [3.05, 3.63) is 47.0 Å². The third-order valence-corrected chi connectivity index (χ3v) is 7.79. The number of hydrogen-bond donors (Lipinski definition) is 0. The van der Waals surface area contributed by atoms with Crippen LogP contribution < -0.4 is 0 Å². The van der Waals surface area contributed by atoms with E-state index < -0.39 is 11.6 Å². The lowest BCUT2D eigenvalue weighted by Gasteiger charge is -2.35. The summed E-state index contributed by atoms with van der Waals surface area (Å²) in [5.41, 5.74) is 2.42. The van der Waals surface area contributed by atoms with Crippen LogP contribution in [0.2, 0.25) is 0 Å². The van der Waals surface area contributed by atoms with Crippen LogP contribution in [0.4, 0.5) is 8.78 Å². The monoisotopic (exact) mass is 416 g/mol. The first-order valence-electron chi connectivity index (χ1n) is 12.8. The highest BCUT2D eigenvalue weighted by Crippen LogP contribution is 2.41. The van der Waals surface area contributed by atoms with Crippen molar-refractivity contribution in [1.29, 1.82) is 0 Å². The van der Waals surface area contributed by atoms with Gasteiger partial charge in [0.05, 0.1) is 0 Å². The van der Waals surface area contributed by atoms with E-state index in [4.69, 9.17) is 0 Å². The van der Waals surface area contributed by atoms with Crippen LogP contribution in [-0.2, 0) is 6.42 Å². The fraction of sp³-hybridized carbons (Fsp3) is 0.714. The molecule has 0 spiro atoms. The van der Waals surface area contributed by atoms with Crippen molar-refractivity contribution in [3.8, 4) is 0 Å². The third kappa shape index (κ3) is 7.50. The zero-order valence-corrected chi connectivity index (χ0v) is 19.1. The van der Waals surface area contributed by atoms with Gasteiger partial charge < -0.3 is 0 Å². The molecule has 0 amide bonds. The summed E-state index contributed by atoms with van der Waals surface area (Å²) in [4.78, 5) is 0. The van der Waals surface area contributed by atoms with Crippen molar-refractivity contribution < 1.29 is 8.78 Å². The molecule has 1 aromatic rings.